The summed E-state index contributed by atoms with van der Waals surface area (Å²) in [4.78, 5) is 28.7. The summed E-state index contributed by atoms with van der Waals surface area (Å²) in [6.45, 7) is 3.84. The number of carbonyl (C=O) groups excluding carboxylic acids is 2. The van der Waals surface area contributed by atoms with Crippen LogP contribution in [0.1, 0.15) is 16.7 Å². The molecule has 4 rings (SSSR count). The SMILES string of the molecule is COc1ccc(C2=C(Nc3cc(OC)ccc3OC)C(=O)N(c3cccc(C)c3C)C2=O)cc1. The van der Waals surface area contributed by atoms with Gasteiger partial charge >= 0.3 is 0 Å². The lowest BCUT2D eigenvalue weighted by Gasteiger charge is -2.19. The standard InChI is InChI=1S/C27H26N2O5/c1-16-7-6-8-22(17(16)2)29-26(30)24(18-9-11-19(32-3)12-10-18)25(27(29)31)28-21-15-20(33-4)13-14-23(21)34-5/h6-15,28H,1-5H3. The zero-order valence-corrected chi connectivity index (χ0v) is 19.8. The number of amides is 2. The van der Waals surface area contributed by atoms with Gasteiger partial charge in [0.15, 0.2) is 0 Å². The normalized spacial score (nSPS) is 13.4. The summed E-state index contributed by atoms with van der Waals surface area (Å²) >= 11 is 0. The molecule has 0 bridgehead atoms. The summed E-state index contributed by atoms with van der Waals surface area (Å²) in [6.07, 6.45) is 0. The fourth-order valence-corrected chi connectivity index (χ4v) is 3.91. The maximum Gasteiger partial charge on any atom is 0.282 e. The van der Waals surface area contributed by atoms with Crippen LogP contribution < -0.4 is 24.4 Å². The van der Waals surface area contributed by atoms with Crippen molar-refractivity contribution in [3.63, 3.8) is 0 Å². The van der Waals surface area contributed by atoms with E-state index in [2.05, 4.69) is 5.32 Å². The molecule has 7 nitrogen and oxygen atoms in total. The van der Waals surface area contributed by atoms with Crippen LogP contribution in [0.2, 0.25) is 0 Å². The highest BCUT2D eigenvalue weighted by Crippen LogP contribution is 2.38. The minimum absolute atomic E-state index is 0.155. The smallest absolute Gasteiger partial charge is 0.282 e. The molecule has 0 aliphatic carbocycles. The number of benzene rings is 3. The van der Waals surface area contributed by atoms with E-state index in [1.54, 1.807) is 62.8 Å². The van der Waals surface area contributed by atoms with Crippen LogP contribution in [0, 0.1) is 13.8 Å². The summed E-state index contributed by atoms with van der Waals surface area (Å²) in [5, 5.41) is 3.16. The van der Waals surface area contributed by atoms with Crippen LogP contribution in [0.4, 0.5) is 11.4 Å². The van der Waals surface area contributed by atoms with E-state index in [9.17, 15) is 9.59 Å². The number of carbonyl (C=O) groups is 2. The molecule has 0 aromatic heterocycles. The zero-order chi connectivity index (χ0) is 24.4. The molecule has 1 N–H and O–H groups in total. The van der Waals surface area contributed by atoms with E-state index < -0.39 is 11.8 Å². The van der Waals surface area contributed by atoms with Crippen molar-refractivity contribution in [2.45, 2.75) is 13.8 Å². The summed E-state index contributed by atoms with van der Waals surface area (Å²) in [6, 6.07) is 17.8. The van der Waals surface area contributed by atoms with Gasteiger partial charge in [-0.05, 0) is 60.9 Å². The molecule has 0 radical (unpaired) electrons. The topological polar surface area (TPSA) is 77.1 Å². The van der Waals surface area contributed by atoms with E-state index in [1.807, 2.05) is 26.0 Å². The molecule has 0 atom stereocenters. The summed E-state index contributed by atoms with van der Waals surface area (Å²) in [5.74, 6) is 0.880. The van der Waals surface area contributed by atoms with Gasteiger partial charge in [-0.25, -0.2) is 4.90 Å². The van der Waals surface area contributed by atoms with Crippen LogP contribution in [0.3, 0.4) is 0 Å². The fraction of sp³-hybridized carbons (Fsp3) is 0.185. The Kier molecular flexibility index (Phi) is 6.27. The second-order valence-electron chi connectivity index (χ2n) is 7.83. The molecule has 0 unspecified atom stereocenters. The molecule has 1 heterocycles. The summed E-state index contributed by atoms with van der Waals surface area (Å²) < 4.78 is 16.1. The van der Waals surface area contributed by atoms with Crippen molar-refractivity contribution < 1.29 is 23.8 Å². The number of aryl methyl sites for hydroxylation is 1. The molecule has 2 amide bonds. The van der Waals surface area contributed by atoms with E-state index >= 15 is 0 Å². The van der Waals surface area contributed by atoms with Crippen LogP contribution in [-0.4, -0.2) is 33.1 Å². The van der Waals surface area contributed by atoms with Crippen LogP contribution in [0.5, 0.6) is 17.2 Å². The van der Waals surface area contributed by atoms with Crippen LogP contribution >= 0.6 is 0 Å². The van der Waals surface area contributed by atoms with Crippen molar-refractivity contribution in [1.82, 2.24) is 0 Å². The third-order valence-corrected chi connectivity index (χ3v) is 5.95. The molecule has 0 saturated heterocycles. The molecule has 34 heavy (non-hydrogen) atoms. The van der Waals surface area contributed by atoms with Gasteiger partial charge in [-0.15, -0.1) is 0 Å². The largest absolute Gasteiger partial charge is 0.497 e. The highest BCUT2D eigenvalue weighted by Gasteiger charge is 2.41. The number of nitrogens with zero attached hydrogens (tertiary/aromatic N) is 1. The van der Waals surface area contributed by atoms with Gasteiger partial charge in [-0.1, -0.05) is 24.3 Å². The second kappa shape index (κ2) is 9.31. The van der Waals surface area contributed by atoms with Crippen molar-refractivity contribution >= 4 is 28.8 Å². The highest BCUT2D eigenvalue weighted by atomic mass is 16.5. The van der Waals surface area contributed by atoms with E-state index in [1.165, 1.54) is 12.0 Å². The molecule has 1 aliphatic heterocycles. The molecule has 0 spiro atoms. The van der Waals surface area contributed by atoms with Gasteiger partial charge in [-0.2, -0.15) is 0 Å². The van der Waals surface area contributed by atoms with Gasteiger partial charge in [0.2, 0.25) is 0 Å². The monoisotopic (exact) mass is 458 g/mol. The number of imide groups is 1. The maximum atomic E-state index is 13.7. The predicted molar refractivity (Wildman–Crippen MR) is 131 cm³/mol. The average Bonchev–Trinajstić information content (AvgIpc) is 3.10. The molecule has 7 heteroatoms. The average molecular weight is 459 g/mol. The Bertz CT molecular complexity index is 1290. The maximum absolute atomic E-state index is 13.7. The highest BCUT2D eigenvalue weighted by molar-refractivity contribution is 6.46. The van der Waals surface area contributed by atoms with Gasteiger partial charge in [0, 0.05) is 6.07 Å². The lowest BCUT2D eigenvalue weighted by Crippen LogP contribution is -2.33. The number of anilines is 2. The van der Waals surface area contributed by atoms with Crippen molar-refractivity contribution in [1.29, 1.82) is 0 Å². The Morgan fingerprint density at radius 3 is 2.09 bits per heavy atom. The Morgan fingerprint density at radius 1 is 0.765 bits per heavy atom. The minimum Gasteiger partial charge on any atom is -0.497 e. The zero-order valence-electron chi connectivity index (χ0n) is 19.8. The number of hydrogen-bond acceptors (Lipinski definition) is 6. The predicted octanol–water partition coefficient (Wildman–Crippen LogP) is 4.73. The summed E-state index contributed by atoms with van der Waals surface area (Å²) in [5.41, 5.74) is 3.91. The first-order valence-corrected chi connectivity index (χ1v) is 10.7. The molecule has 0 saturated carbocycles. The minimum atomic E-state index is -0.450. The molecule has 1 aliphatic rings. The Morgan fingerprint density at radius 2 is 1.44 bits per heavy atom. The first-order chi connectivity index (χ1) is 16.4. The van der Waals surface area contributed by atoms with E-state index in [4.69, 9.17) is 14.2 Å². The van der Waals surface area contributed by atoms with Crippen molar-refractivity contribution in [2.24, 2.45) is 0 Å². The lowest BCUT2D eigenvalue weighted by molar-refractivity contribution is -0.120. The first-order valence-electron chi connectivity index (χ1n) is 10.7. The number of ether oxygens (including phenoxy) is 3. The second-order valence-corrected chi connectivity index (χ2v) is 7.83. The Labute approximate surface area is 198 Å². The van der Waals surface area contributed by atoms with Gasteiger partial charge in [-0.3, -0.25) is 9.59 Å². The van der Waals surface area contributed by atoms with Crippen molar-refractivity contribution in [3.8, 4) is 17.2 Å². The van der Waals surface area contributed by atoms with Crippen molar-refractivity contribution in [3.05, 3.63) is 83.1 Å². The van der Waals surface area contributed by atoms with Gasteiger partial charge in [0.25, 0.3) is 11.8 Å². The summed E-state index contributed by atoms with van der Waals surface area (Å²) in [7, 11) is 4.67. The molecular weight excluding hydrogens is 432 g/mol. The lowest BCUT2D eigenvalue weighted by atomic mass is 10.0. The molecule has 174 valence electrons. The van der Waals surface area contributed by atoms with E-state index in [0.29, 0.717) is 34.2 Å². The van der Waals surface area contributed by atoms with Gasteiger partial charge < -0.3 is 19.5 Å². The number of hydrogen-bond donors (Lipinski definition) is 1. The molecule has 3 aromatic rings. The quantitative estimate of drug-likeness (QED) is 0.516. The first kappa shape index (κ1) is 22.9. The van der Waals surface area contributed by atoms with Crippen LogP contribution in [0.15, 0.2) is 66.4 Å². The number of nitrogens with one attached hydrogen (secondary N) is 1. The van der Waals surface area contributed by atoms with Gasteiger partial charge in [0.1, 0.15) is 22.9 Å². The molecule has 3 aromatic carbocycles. The number of methoxy groups -OCH3 is 3. The fourth-order valence-electron chi connectivity index (χ4n) is 3.91. The number of rotatable bonds is 7. The molecular formula is C27H26N2O5. The third-order valence-electron chi connectivity index (χ3n) is 5.95. The van der Waals surface area contributed by atoms with Crippen LogP contribution in [-0.2, 0) is 9.59 Å². The van der Waals surface area contributed by atoms with E-state index in [0.717, 1.165) is 11.1 Å². The van der Waals surface area contributed by atoms with Crippen LogP contribution in [0.25, 0.3) is 5.57 Å². The Balaban J connectivity index is 1.87. The Hall–Kier alpha value is -4.26. The third kappa shape index (κ3) is 3.96. The van der Waals surface area contributed by atoms with E-state index in [-0.39, 0.29) is 11.3 Å². The van der Waals surface area contributed by atoms with Gasteiger partial charge in [0.05, 0.1) is 38.3 Å². The molecule has 0 fully saturated rings. The van der Waals surface area contributed by atoms with Crippen molar-refractivity contribution in [2.75, 3.05) is 31.5 Å².